The van der Waals surface area contributed by atoms with Gasteiger partial charge in [0.25, 0.3) is 0 Å². The van der Waals surface area contributed by atoms with Crippen LogP contribution in [0, 0.1) is 5.92 Å². The Balaban J connectivity index is 2.45. The normalized spacial score (nSPS) is 11.8. The van der Waals surface area contributed by atoms with Crippen molar-refractivity contribution < 1.29 is 18.8 Å². The van der Waals surface area contributed by atoms with Crippen LogP contribution >= 0.6 is 0 Å². The van der Waals surface area contributed by atoms with Crippen LogP contribution in [0.25, 0.3) is 0 Å². The topological polar surface area (TPSA) is 47.6 Å². The van der Waals surface area contributed by atoms with Gasteiger partial charge in [-0.2, -0.15) is 0 Å². The van der Waals surface area contributed by atoms with E-state index in [-0.39, 0.29) is 5.91 Å². The number of allylic oxidation sites excluding steroid dienone is 2. The average Bonchev–Trinajstić information content (AvgIpc) is 2.78. The number of ether oxygens (including phenoxy) is 2. The number of unbranched alkanes of at least 4 members (excludes halogenated alkanes) is 2. The van der Waals surface area contributed by atoms with Gasteiger partial charge in [-0.1, -0.05) is 32.1 Å². The molecule has 0 aliphatic heterocycles. The van der Waals surface area contributed by atoms with Gasteiger partial charge >= 0.3 is 0 Å². The Morgan fingerprint density at radius 1 is 1.10 bits per heavy atom. The molecule has 1 N–H and O–H groups in total. The first-order valence-corrected chi connectivity index (χ1v) is 12.0. The van der Waals surface area contributed by atoms with Crippen molar-refractivity contribution in [1.82, 2.24) is 5.32 Å². The van der Waals surface area contributed by atoms with Crippen molar-refractivity contribution in [3.05, 3.63) is 35.9 Å². The predicted molar refractivity (Wildman–Crippen MR) is 130 cm³/mol. The molecular weight excluding hydrogens is 388 g/mol. The minimum atomic E-state index is 0.0972. The van der Waals surface area contributed by atoms with Gasteiger partial charge < -0.3 is 19.3 Å². The van der Waals surface area contributed by atoms with Gasteiger partial charge in [-0.05, 0) is 63.6 Å². The van der Waals surface area contributed by atoms with E-state index in [1.165, 1.54) is 0 Å². The molecular formula is C26H45N2O3+. The summed E-state index contributed by atoms with van der Waals surface area (Å²) in [5, 5.41) is 3.01. The lowest BCUT2D eigenvalue weighted by Gasteiger charge is -2.35. The number of hydrogen-bond donors (Lipinski definition) is 1. The van der Waals surface area contributed by atoms with Gasteiger partial charge in [0, 0.05) is 13.0 Å². The molecule has 0 heterocycles. The maximum atomic E-state index is 12.1. The van der Waals surface area contributed by atoms with Crippen molar-refractivity contribution in [2.75, 3.05) is 39.9 Å². The van der Waals surface area contributed by atoms with Crippen LogP contribution in [0.5, 0.6) is 11.5 Å². The van der Waals surface area contributed by atoms with Crippen LogP contribution in [0.4, 0.5) is 0 Å². The minimum Gasteiger partial charge on any atom is -0.493 e. The van der Waals surface area contributed by atoms with Crippen molar-refractivity contribution in [3.8, 4) is 11.5 Å². The Labute approximate surface area is 190 Å². The number of hydrogen-bond acceptors (Lipinski definition) is 3. The third-order valence-electron chi connectivity index (χ3n) is 6.10. The highest BCUT2D eigenvalue weighted by Crippen LogP contribution is 2.28. The predicted octanol–water partition coefficient (Wildman–Crippen LogP) is 5.34. The fourth-order valence-corrected chi connectivity index (χ4v) is 3.64. The van der Waals surface area contributed by atoms with Gasteiger partial charge in [0.05, 0.1) is 26.7 Å². The minimum absolute atomic E-state index is 0.0972. The average molecular weight is 434 g/mol. The third kappa shape index (κ3) is 10.2. The molecule has 1 aromatic rings. The highest BCUT2D eigenvalue weighted by Gasteiger charge is 2.20. The number of likely N-dealkylation sites (N-methyl/N-ethyl adjacent to an activating group) is 1. The van der Waals surface area contributed by atoms with E-state index in [0.29, 0.717) is 31.2 Å². The van der Waals surface area contributed by atoms with E-state index in [4.69, 9.17) is 9.47 Å². The highest BCUT2D eigenvalue weighted by molar-refractivity contribution is 5.75. The van der Waals surface area contributed by atoms with Crippen LogP contribution in [0.15, 0.2) is 30.4 Å². The fraction of sp³-hybridized carbons (Fsp3) is 0.654. The number of carbonyl (C=O) groups is 1. The SMILES string of the molecule is CC[N+](CC)(CC)CCOc1ccc(CNC(=O)CCCC/C=C/C(C)C)cc1OC. The molecule has 1 amide bonds. The molecule has 0 fully saturated rings. The Hall–Kier alpha value is -2.01. The first kappa shape index (κ1) is 27.0. The molecule has 0 saturated heterocycles. The van der Waals surface area contributed by atoms with Gasteiger partial charge in [0.1, 0.15) is 13.2 Å². The second-order valence-corrected chi connectivity index (χ2v) is 8.54. The Kier molecular flexibility index (Phi) is 13.0. The second kappa shape index (κ2) is 14.9. The Bertz CT molecular complexity index is 658. The highest BCUT2D eigenvalue weighted by atomic mass is 16.5. The van der Waals surface area contributed by atoms with Crippen LogP contribution < -0.4 is 14.8 Å². The largest absolute Gasteiger partial charge is 0.493 e. The maximum Gasteiger partial charge on any atom is 0.220 e. The Morgan fingerprint density at radius 2 is 1.81 bits per heavy atom. The molecule has 0 unspecified atom stereocenters. The zero-order valence-corrected chi connectivity index (χ0v) is 20.7. The molecule has 0 saturated carbocycles. The van der Waals surface area contributed by atoms with Crippen LogP contribution in [-0.2, 0) is 11.3 Å². The first-order chi connectivity index (χ1) is 14.9. The summed E-state index contributed by atoms with van der Waals surface area (Å²) in [5.74, 6) is 2.16. The van der Waals surface area contributed by atoms with Crippen molar-refractivity contribution in [1.29, 1.82) is 0 Å². The summed E-state index contributed by atoms with van der Waals surface area (Å²) in [7, 11) is 1.66. The number of methoxy groups -OCH3 is 1. The van der Waals surface area contributed by atoms with E-state index in [9.17, 15) is 4.79 Å². The zero-order valence-electron chi connectivity index (χ0n) is 20.7. The van der Waals surface area contributed by atoms with Gasteiger partial charge in [0.15, 0.2) is 11.5 Å². The number of carbonyl (C=O) groups excluding carboxylic acids is 1. The van der Waals surface area contributed by atoms with Crippen LogP contribution in [-0.4, -0.2) is 50.3 Å². The number of amides is 1. The summed E-state index contributed by atoms with van der Waals surface area (Å²) in [5.41, 5.74) is 1.01. The van der Waals surface area contributed by atoms with Crippen LogP contribution in [0.2, 0.25) is 0 Å². The molecule has 31 heavy (non-hydrogen) atoms. The number of benzene rings is 1. The fourth-order valence-electron chi connectivity index (χ4n) is 3.64. The molecule has 0 radical (unpaired) electrons. The molecule has 0 bridgehead atoms. The molecule has 0 spiro atoms. The lowest BCUT2D eigenvalue weighted by atomic mass is 10.1. The standard InChI is InChI=1S/C26H44N2O3/c1-7-28(8-2,9-3)18-19-31-24-17-16-23(20-25(24)30-6)21-27-26(29)15-13-11-10-12-14-22(4)5/h12,14,16-17,20,22H,7-11,13,15,18-19,21H2,1-6H3/p+1/b14-12+. The van der Waals surface area contributed by atoms with E-state index in [2.05, 4.69) is 52.1 Å². The molecule has 0 aliphatic carbocycles. The van der Waals surface area contributed by atoms with E-state index in [1.54, 1.807) is 7.11 Å². The monoisotopic (exact) mass is 433 g/mol. The van der Waals surface area contributed by atoms with E-state index in [0.717, 1.165) is 61.2 Å². The summed E-state index contributed by atoms with van der Waals surface area (Å²) >= 11 is 0. The van der Waals surface area contributed by atoms with E-state index >= 15 is 0 Å². The second-order valence-electron chi connectivity index (χ2n) is 8.54. The van der Waals surface area contributed by atoms with E-state index in [1.807, 2.05) is 18.2 Å². The van der Waals surface area contributed by atoms with Crippen molar-refractivity contribution in [2.24, 2.45) is 5.92 Å². The lowest BCUT2D eigenvalue weighted by molar-refractivity contribution is -0.923. The third-order valence-corrected chi connectivity index (χ3v) is 6.10. The van der Waals surface area contributed by atoms with Gasteiger partial charge in [-0.25, -0.2) is 0 Å². The summed E-state index contributed by atoms with van der Waals surface area (Å²) in [6.45, 7) is 16.5. The summed E-state index contributed by atoms with van der Waals surface area (Å²) in [6.07, 6.45) is 8.00. The van der Waals surface area contributed by atoms with Crippen molar-refractivity contribution >= 4 is 5.91 Å². The summed E-state index contributed by atoms with van der Waals surface area (Å²) in [4.78, 5) is 12.1. The lowest BCUT2D eigenvalue weighted by Crippen LogP contribution is -2.49. The zero-order chi connectivity index (χ0) is 23.1. The summed E-state index contributed by atoms with van der Waals surface area (Å²) in [6, 6.07) is 5.89. The summed E-state index contributed by atoms with van der Waals surface area (Å²) < 4.78 is 12.6. The first-order valence-electron chi connectivity index (χ1n) is 12.0. The van der Waals surface area contributed by atoms with Crippen LogP contribution in [0.3, 0.4) is 0 Å². The molecule has 0 aromatic heterocycles. The quantitative estimate of drug-likeness (QED) is 0.217. The number of nitrogens with one attached hydrogen (secondary N) is 1. The van der Waals surface area contributed by atoms with Crippen LogP contribution in [0.1, 0.15) is 65.9 Å². The molecule has 0 atom stereocenters. The Morgan fingerprint density at radius 3 is 2.42 bits per heavy atom. The molecule has 0 aliphatic rings. The number of rotatable bonds is 16. The molecule has 176 valence electrons. The van der Waals surface area contributed by atoms with Gasteiger partial charge in [0.2, 0.25) is 5.91 Å². The smallest absolute Gasteiger partial charge is 0.220 e. The molecule has 5 nitrogen and oxygen atoms in total. The number of quaternary nitrogens is 1. The van der Waals surface area contributed by atoms with Gasteiger partial charge in [-0.3, -0.25) is 4.79 Å². The molecule has 1 rings (SSSR count). The molecule has 1 aromatic carbocycles. The molecule has 5 heteroatoms. The van der Waals surface area contributed by atoms with Gasteiger partial charge in [-0.15, -0.1) is 0 Å². The number of nitrogens with zero attached hydrogens (tertiary/aromatic N) is 1. The maximum absolute atomic E-state index is 12.1. The van der Waals surface area contributed by atoms with Crippen molar-refractivity contribution in [3.63, 3.8) is 0 Å². The van der Waals surface area contributed by atoms with E-state index < -0.39 is 0 Å². The van der Waals surface area contributed by atoms with Crippen molar-refractivity contribution in [2.45, 2.75) is 66.8 Å².